The SMILES string of the molecule is C=C/C(=C\C=C/C)C(=C)NC1(C(=O)N[C@@H](CC(C)C)C(=C)c2n[nH]c(=S)o2)CCCCC1. The molecule has 1 fully saturated rings. The summed E-state index contributed by atoms with van der Waals surface area (Å²) >= 11 is 5.00. The number of amides is 1. The lowest BCUT2D eigenvalue weighted by Gasteiger charge is -2.39. The van der Waals surface area contributed by atoms with E-state index < -0.39 is 5.54 Å². The van der Waals surface area contributed by atoms with Gasteiger partial charge in [-0.1, -0.05) is 77.2 Å². The molecule has 1 aromatic heterocycles. The van der Waals surface area contributed by atoms with E-state index in [1.54, 1.807) is 6.08 Å². The molecule has 1 aromatic rings. The van der Waals surface area contributed by atoms with Crippen LogP contribution in [0.1, 0.15) is 65.2 Å². The Hall–Kier alpha value is -2.67. The molecule has 174 valence electrons. The highest BCUT2D eigenvalue weighted by Crippen LogP contribution is 2.31. The van der Waals surface area contributed by atoms with Crippen molar-refractivity contribution >= 4 is 23.7 Å². The Balaban J connectivity index is 2.29. The summed E-state index contributed by atoms with van der Waals surface area (Å²) in [5.41, 5.74) is 1.41. The predicted molar refractivity (Wildman–Crippen MR) is 133 cm³/mol. The van der Waals surface area contributed by atoms with Crippen LogP contribution in [0.25, 0.3) is 5.57 Å². The lowest BCUT2D eigenvalue weighted by atomic mass is 9.80. The van der Waals surface area contributed by atoms with Crippen molar-refractivity contribution in [3.8, 4) is 0 Å². The molecule has 0 aromatic carbocycles. The van der Waals surface area contributed by atoms with Crippen LogP contribution >= 0.6 is 12.2 Å². The van der Waals surface area contributed by atoms with Crippen LogP contribution in [0, 0.1) is 10.8 Å². The Morgan fingerprint density at radius 1 is 1.31 bits per heavy atom. The summed E-state index contributed by atoms with van der Waals surface area (Å²) in [5.74, 6) is 0.591. The minimum Gasteiger partial charge on any atom is -0.410 e. The van der Waals surface area contributed by atoms with Gasteiger partial charge < -0.3 is 15.1 Å². The molecule has 1 aliphatic rings. The zero-order chi connectivity index (χ0) is 23.7. The van der Waals surface area contributed by atoms with Gasteiger partial charge in [-0.25, -0.2) is 5.10 Å². The van der Waals surface area contributed by atoms with Crippen LogP contribution in [0.15, 0.2) is 59.7 Å². The number of hydrogen-bond acceptors (Lipinski definition) is 5. The van der Waals surface area contributed by atoms with E-state index >= 15 is 0 Å². The molecule has 1 atom stereocenters. The number of nitrogens with one attached hydrogen (secondary N) is 3. The van der Waals surface area contributed by atoms with Crippen LogP contribution in [0.3, 0.4) is 0 Å². The van der Waals surface area contributed by atoms with Gasteiger partial charge in [0.15, 0.2) is 0 Å². The normalized spacial score (nSPS) is 17.2. The average molecular weight is 457 g/mol. The highest BCUT2D eigenvalue weighted by molar-refractivity contribution is 7.71. The number of H-pyrrole nitrogens is 1. The van der Waals surface area contributed by atoms with Crippen molar-refractivity contribution in [2.75, 3.05) is 0 Å². The molecule has 0 spiro atoms. The summed E-state index contributed by atoms with van der Waals surface area (Å²) in [4.78, 5) is 13.9. The van der Waals surface area contributed by atoms with Crippen molar-refractivity contribution in [1.82, 2.24) is 20.8 Å². The van der Waals surface area contributed by atoms with E-state index in [1.807, 2.05) is 25.2 Å². The Kier molecular flexibility index (Phi) is 9.44. The smallest absolute Gasteiger partial charge is 0.284 e. The van der Waals surface area contributed by atoms with Gasteiger partial charge in [-0.3, -0.25) is 4.79 Å². The molecule has 0 radical (unpaired) electrons. The van der Waals surface area contributed by atoms with Crippen LogP contribution in [0.4, 0.5) is 0 Å². The summed E-state index contributed by atoms with van der Waals surface area (Å²) < 4.78 is 5.45. The van der Waals surface area contributed by atoms with Crippen LogP contribution in [0.5, 0.6) is 0 Å². The molecular formula is C25H36N4O2S. The lowest BCUT2D eigenvalue weighted by molar-refractivity contribution is -0.129. The number of nitrogens with zero attached hydrogens (tertiary/aromatic N) is 1. The second kappa shape index (κ2) is 11.8. The van der Waals surface area contributed by atoms with Crippen molar-refractivity contribution in [3.63, 3.8) is 0 Å². The highest BCUT2D eigenvalue weighted by atomic mass is 32.1. The van der Waals surface area contributed by atoms with Gasteiger partial charge in [0.05, 0.1) is 6.04 Å². The van der Waals surface area contributed by atoms with Crippen LogP contribution < -0.4 is 10.6 Å². The van der Waals surface area contributed by atoms with E-state index in [4.69, 9.17) is 16.6 Å². The van der Waals surface area contributed by atoms with Crippen LogP contribution in [-0.4, -0.2) is 27.7 Å². The van der Waals surface area contributed by atoms with Gasteiger partial charge in [-0.2, -0.15) is 0 Å². The summed E-state index contributed by atoms with van der Waals surface area (Å²) in [7, 11) is 0. The summed E-state index contributed by atoms with van der Waals surface area (Å²) in [6, 6.07) is -0.324. The Morgan fingerprint density at radius 3 is 2.53 bits per heavy atom. The summed E-state index contributed by atoms with van der Waals surface area (Å²) in [5, 5.41) is 13.4. The fourth-order valence-electron chi connectivity index (χ4n) is 3.99. The minimum absolute atomic E-state index is 0.0614. The third-order valence-corrected chi connectivity index (χ3v) is 5.89. The van der Waals surface area contributed by atoms with Gasteiger partial charge in [0.25, 0.3) is 4.84 Å². The third kappa shape index (κ3) is 6.66. The lowest BCUT2D eigenvalue weighted by Crippen LogP contribution is -2.59. The number of allylic oxidation sites excluding steroid dienone is 4. The number of carbonyl (C=O) groups is 1. The van der Waals surface area contributed by atoms with Crippen molar-refractivity contribution in [1.29, 1.82) is 0 Å². The topological polar surface area (TPSA) is 83.0 Å². The van der Waals surface area contributed by atoms with Gasteiger partial charge in [0.1, 0.15) is 5.54 Å². The zero-order valence-electron chi connectivity index (χ0n) is 19.5. The number of rotatable bonds is 11. The molecule has 1 saturated carbocycles. The molecule has 6 nitrogen and oxygen atoms in total. The summed E-state index contributed by atoms with van der Waals surface area (Å²) in [6.45, 7) is 18.4. The van der Waals surface area contributed by atoms with Gasteiger partial charge in [0.2, 0.25) is 11.8 Å². The molecule has 1 aliphatic carbocycles. The summed E-state index contributed by atoms with van der Waals surface area (Å²) in [6.07, 6.45) is 12.8. The number of aromatic amines is 1. The first kappa shape index (κ1) is 25.6. The predicted octanol–water partition coefficient (Wildman–Crippen LogP) is 5.77. The molecular weight excluding hydrogens is 420 g/mol. The van der Waals surface area contributed by atoms with Gasteiger partial charge in [-0.05, 0) is 49.9 Å². The molecule has 3 N–H and O–H groups in total. The highest BCUT2D eigenvalue weighted by Gasteiger charge is 2.41. The fourth-order valence-corrected chi connectivity index (χ4v) is 4.11. The first-order valence-corrected chi connectivity index (χ1v) is 11.6. The van der Waals surface area contributed by atoms with Crippen molar-refractivity contribution in [3.05, 3.63) is 66.0 Å². The van der Waals surface area contributed by atoms with Crippen molar-refractivity contribution < 1.29 is 9.21 Å². The minimum atomic E-state index is -0.741. The Bertz CT molecular complexity index is 945. The standard InChI is InChI=1S/C25H36N4O2S/c1-7-9-13-20(8-2)19(6)27-25(14-11-10-12-15-25)23(30)26-21(16-17(3)4)18(5)22-28-29-24(32)31-22/h7-9,13,17,21,27H,2,5-6,10-12,14-16H2,1,3-4H3,(H,26,30)(H,29,32)/b9-7-,20-13+/t21-/m0/s1. The number of aromatic nitrogens is 2. The Morgan fingerprint density at radius 2 is 2.00 bits per heavy atom. The number of carbonyl (C=O) groups excluding carboxylic acids is 1. The van der Waals surface area contributed by atoms with E-state index in [1.165, 1.54) is 0 Å². The largest absolute Gasteiger partial charge is 0.410 e. The van der Waals surface area contributed by atoms with Gasteiger partial charge in [-0.15, -0.1) is 5.10 Å². The molecule has 32 heavy (non-hydrogen) atoms. The van der Waals surface area contributed by atoms with Gasteiger partial charge >= 0.3 is 0 Å². The molecule has 1 heterocycles. The van der Waals surface area contributed by atoms with E-state index in [0.717, 1.165) is 37.7 Å². The monoisotopic (exact) mass is 456 g/mol. The molecule has 0 aliphatic heterocycles. The first-order valence-electron chi connectivity index (χ1n) is 11.2. The van der Waals surface area contributed by atoms with Crippen molar-refractivity contribution in [2.45, 2.75) is 70.9 Å². The van der Waals surface area contributed by atoms with E-state index in [-0.39, 0.29) is 16.8 Å². The van der Waals surface area contributed by atoms with E-state index in [2.05, 4.69) is 54.4 Å². The fraction of sp³-hybridized carbons (Fsp3) is 0.480. The third-order valence-electron chi connectivity index (χ3n) is 5.71. The maximum absolute atomic E-state index is 13.7. The second-order valence-electron chi connectivity index (χ2n) is 8.70. The molecule has 2 rings (SSSR count). The molecule has 1 amide bonds. The maximum atomic E-state index is 13.7. The molecule has 0 bridgehead atoms. The van der Waals surface area contributed by atoms with Crippen molar-refractivity contribution in [2.24, 2.45) is 5.92 Å². The van der Waals surface area contributed by atoms with E-state index in [0.29, 0.717) is 29.5 Å². The number of hydrogen-bond donors (Lipinski definition) is 3. The second-order valence-corrected chi connectivity index (χ2v) is 9.07. The zero-order valence-corrected chi connectivity index (χ0v) is 20.3. The molecule has 7 heteroatoms. The average Bonchev–Trinajstić information content (AvgIpc) is 3.19. The van der Waals surface area contributed by atoms with E-state index in [9.17, 15) is 4.79 Å². The van der Waals surface area contributed by atoms with Gasteiger partial charge in [0, 0.05) is 11.3 Å². The Labute approximate surface area is 196 Å². The maximum Gasteiger partial charge on any atom is 0.284 e. The van der Waals surface area contributed by atoms with Crippen LogP contribution in [0.2, 0.25) is 0 Å². The van der Waals surface area contributed by atoms with Crippen LogP contribution in [-0.2, 0) is 4.79 Å². The molecule has 0 saturated heterocycles. The molecule has 0 unspecified atom stereocenters. The quantitative estimate of drug-likeness (QED) is 0.291. The first-order chi connectivity index (χ1) is 15.2.